The van der Waals surface area contributed by atoms with E-state index in [-0.39, 0.29) is 0 Å². The Labute approximate surface area is 106 Å². The topological polar surface area (TPSA) is 24.5 Å². The predicted octanol–water partition coefficient (Wildman–Crippen LogP) is 1.87. The highest BCUT2D eigenvalue weighted by atomic mass is 16.5. The van der Waals surface area contributed by atoms with Crippen LogP contribution >= 0.6 is 0 Å². The molecular weight excluding hydrogens is 212 g/mol. The van der Waals surface area contributed by atoms with Gasteiger partial charge < -0.3 is 10.1 Å². The van der Waals surface area contributed by atoms with Gasteiger partial charge in [0.25, 0.3) is 0 Å². The molecule has 0 amide bonds. The molecule has 2 saturated heterocycles. The van der Waals surface area contributed by atoms with E-state index < -0.39 is 0 Å². The van der Waals surface area contributed by atoms with Crippen LogP contribution in [0.15, 0.2) is 0 Å². The third-order valence-corrected chi connectivity index (χ3v) is 4.65. The van der Waals surface area contributed by atoms with Crippen molar-refractivity contribution in [3.8, 4) is 0 Å². The molecule has 0 aromatic rings. The molecule has 3 nitrogen and oxygen atoms in total. The van der Waals surface area contributed by atoms with E-state index in [9.17, 15) is 0 Å². The second-order valence-corrected chi connectivity index (χ2v) is 5.73. The van der Waals surface area contributed by atoms with E-state index in [2.05, 4.69) is 31.0 Å². The molecule has 0 spiro atoms. The van der Waals surface area contributed by atoms with Gasteiger partial charge in [0.15, 0.2) is 0 Å². The molecule has 2 fully saturated rings. The summed E-state index contributed by atoms with van der Waals surface area (Å²) >= 11 is 0. The first kappa shape index (κ1) is 13.3. The van der Waals surface area contributed by atoms with Crippen molar-refractivity contribution in [1.82, 2.24) is 10.2 Å². The first-order chi connectivity index (χ1) is 8.22. The molecule has 0 aromatic heterocycles. The van der Waals surface area contributed by atoms with Gasteiger partial charge in [-0.05, 0) is 25.7 Å². The van der Waals surface area contributed by atoms with Crippen molar-refractivity contribution in [3.05, 3.63) is 0 Å². The van der Waals surface area contributed by atoms with Gasteiger partial charge in [0.05, 0.1) is 6.10 Å². The largest absolute Gasteiger partial charge is 0.377 e. The molecule has 2 aliphatic heterocycles. The summed E-state index contributed by atoms with van der Waals surface area (Å²) in [6.07, 6.45) is 4.24. The first-order valence-electron chi connectivity index (χ1n) is 7.31. The summed E-state index contributed by atoms with van der Waals surface area (Å²) in [7, 11) is 0. The molecule has 1 N–H and O–H groups in total. The lowest BCUT2D eigenvalue weighted by Gasteiger charge is -2.41. The van der Waals surface area contributed by atoms with Gasteiger partial charge in [0, 0.05) is 38.3 Å². The van der Waals surface area contributed by atoms with Gasteiger partial charge in [0.2, 0.25) is 0 Å². The molecule has 0 aromatic carbocycles. The van der Waals surface area contributed by atoms with E-state index in [4.69, 9.17) is 4.74 Å². The second kappa shape index (κ2) is 6.17. The van der Waals surface area contributed by atoms with E-state index in [1.165, 1.54) is 32.4 Å². The van der Waals surface area contributed by atoms with E-state index in [1.54, 1.807) is 0 Å². The zero-order valence-electron chi connectivity index (χ0n) is 11.6. The predicted molar refractivity (Wildman–Crippen MR) is 71.3 cm³/mol. The molecule has 0 bridgehead atoms. The lowest BCUT2D eigenvalue weighted by atomic mass is 9.95. The number of hydrogen-bond donors (Lipinski definition) is 1. The van der Waals surface area contributed by atoms with Gasteiger partial charge in [0.1, 0.15) is 0 Å². The Bertz CT molecular complexity index is 228. The molecule has 2 rings (SSSR count). The van der Waals surface area contributed by atoms with Crippen molar-refractivity contribution in [2.24, 2.45) is 5.92 Å². The normalized spacial score (nSPS) is 34.8. The smallest absolute Gasteiger partial charge is 0.0728 e. The summed E-state index contributed by atoms with van der Waals surface area (Å²) in [5.74, 6) is 0.773. The van der Waals surface area contributed by atoms with E-state index in [0.29, 0.717) is 18.2 Å². The maximum absolute atomic E-state index is 5.83. The summed E-state index contributed by atoms with van der Waals surface area (Å²) in [4.78, 5) is 2.63. The minimum atomic E-state index is 0.477. The monoisotopic (exact) mass is 240 g/mol. The minimum absolute atomic E-state index is 0.477. The van der Waals surface area contributed by atoms with Gasteiger partial charge in [-0.1, -0.05) is 20.3 Å². The zero-order chi connectivity index (χ0) is 12.3. The van der Waals surface area contributed by atoms with Gasteiger partial charge in [-0.25, -0.2) is 0 Å². The summed E-state index contributed by atoms with van der Waals surface area (Å²) in [5.41, 5.74) is 0. The number of nitrogens with one attached hydrogen (secondary N) is 1. The van der Waals surface area contributed by atoms with Gasteiger partial charge in [-0.15, -0.1) is 0 Å². The molecule has 100 valence electrons. The van der Waals surface area contributed by atoms with Crippen molar-refractivity contribution in [2.45, 2.75) is 58.2 Å². The van der Waals surface area contributed by atoms with Gasteiger partial charge in [-0.3, -0.25) is 4.90 Å². The van der Waals surface area contributed by atoms with Crippen LogP contribution in [0.1, 0.15) is 40.0 Å². The SMILES string of the molecule is CCC(C)C1CN(C(C)C2CCCO2)CCN1. The standard InChI is InChI=1S/C14H28N2O/c1-4-11(2)13-10-16(8-7-15-13)12(3)14-6-5-9-17-14/h11-15H,4-10H2,1-3H3. The van der Waals surface area contributed by atoms with Crippen LogP contribution in [0, 0.1) is 5.92 Å². The minimum Gasteiger partial charge on any atom is -0.377 e. The third-order valence-electron chi connectivity index (χ3n) is 4.65. The molecule has 0 saturated carbocycles. The summed E-state index contributed by atoms with van der Waals surface area (Å²) in [6, 6.07) is 1.25. The fourth-order valence-corrected chi connectivity index (χ4v) is 3.06. The maximum Gasteiger partial charge on any atom is 0.0728 e. The van der Waals surface area contributed by atoms with Crippen LogP contribution in [0.3, 0.4) is 0 Å². The van der Waals surface area contributed by atoms with Crippen LogP contribution in [0.25, 0.3) is 0 Å². The van der Waals surface area contributed by atoms with Crippen LogP contribution in [0.2, 0.25) is 0 Å². The van der Waals surface area contributed by atoms with E-state index in [1.807, 2.05) is 0 Å². The fourth-order valence-electron chi connectivity index (χ4n) is 3.06. The van der Waals surface area contributed by atoms with Gasteiger partial charge in [-0.2, -0.15) is 0 Å². The van der Waals surface area contributed by atoms with Crippen molar-refractivity contribution < 1.29 is 4.74 Å². The molecule has 4 atom stereocenters. The summed E-state index contributed by atoms with van der Waals surface area (Å²) in [6.45, 7) is 11.5. The number of ether oxygens (including phenoxy) is 1. The molecular formula is C14H28N2O. The molecule has 2 heterocycles. The van der Waals surface area contributed by atoms with Crippen LogP contribution in [-0.2, 0) is 4.74 Å². The Morgan fingerprint density at radius 3 is 2.88 bits per heavy atom. The van der Waals surface area contributed by atoms with Crippen molar-refractivity contribution in [2.75, 3.05) is 26.2 Å². The highest BCUT2D eigenvalue weighted by Crippen LogP contribution is 2.22. The Morgan fingerprint density at radius 1 is 1.41 bits per heavy atom. The molecule has 4 unspecified atom stereocenters. The van der Waals surface area contributed by atoms with Crippen molar-refractivity contribution in [1.29, 1.82) is 0 Å². The molecule has 0 radical (unpaired) electrons. The Morgan fingerprint density at radius 2 is 2.24 bits per heavy atom. The third kappa shape index (κ3) is 3.21. The first-order valence-corrected chi connectivity index (χ1v) is 7.31. The molecule has 2 aliphatic rings. The highest BCUT2D eigenvalue weighted by Gasteiger charge is 2.31. The number of nitrogens with zero attached hydrogens (tertiary/aromatic N) is 1. The molecule has 3 heteroatoms. The summed E-state index contributed by atoms with van der Waals surface area (Å²) < 4.78 is 5.83. The average molecular weight is 240 g/mol. The van der Waals surface area contributed by atoms with Crippen LogP contribution in [0.5, 0.6) is 0 Å². The molecule has 17 heavy (non-hydrogen) atoms. The van der Waals surface area contributed by atoms with E-state index in [0.717, 1.165) is 19.1 Å². The Hall–Kier alpha value is -0.120. The van der Waals surface area contributed by atoms with Gasteiger partial charge >= 0.3 is 0 Å². The maximum atomic E-state index is 5.83. The number of piperazine rings is 1. The quantitative estimate of drug-likeness (QED) is 0.812. The summed E-state index contributed by atoms with van der Waals surface area (Å²) in [5, 5.41) is 3.66. The average Bonchev–Trinajstić information content (AvgIpc) is 2.91. The van der Waals surface area contributed by atoms with Crippen LogP contribution in [-0.4, -0.2) is 49.3 Å². The zero-order valence-corrected chi connectivity index (χ0v) is 11.6. The van der Waals surface area contributed by atoms with Crippen molar-refractivity contribution in [3.63, 3.8) is 0 Å². The Kier molecular flexibility index (Phi) is 4.83. The second-order valence-electron chi connectivity index (χ2n) is 5.73. The van der Waals surface area contributed by atoms with Crippen molar-refractivity contribution >= 4 is 0 Å². The fraction of sp³-hybridized carbons (Fsp3) is 1.00. The van der Waals surface area contributed by atoms with Crippen LogP contribution < -0.4 is 5.32 Å². The molecule has 0 aliphatic carbocycles. The lowest BCUT2D eigenvalue weighted by molar-refractivity contribution is 0.0156. The highest BCUT2D eigenvalue weighted by molar-refractivity contribution is 4.88. The number of rotatable bonds is 4. The Balaban J connectivity index is 1.87. The van der Waals surface area contributed by atoms with Crippen LogP contribution in [0.4, 0.5) is 0 Å². The number of hydrogen-bond acceptors (Lipinski definition) is 3. The lowest BCUT2D eigenvalue weighted by Crippen LogP contribution is -2.57. The van der Waals surface area contributed by atoms with E-state index >= 15 is 0 Å².